The molecule has 1 atom stereocenters. The van der Waals surface area contributed by atoms with Crippen LogP contribution in [0.1, 0.15) is 37.7 Å². The van der Waals surface area contributed by atoms with Crippen molar-refractivity contribution in [3.05, 3.63) is 39.9 Å². The van der Waals surface area contributed by atoms with Crippen molar-refractivity contribution in [2.24, 2.45) is 0 Å². The number of unbranched alkanes of at least 4 members (excludes halogenated alkanes) is 2. The predicted molar refractivity (Wildman–Crippen MR) is 96.7 cm³/mol. The van der Waals surface area contributed by atoms with Crippen LogP contribution in [-0.4, -0.2) is 53.4 Å². The van der Waals surface area contributed by atoms with Gasteiger partial charge in [-0.1, -0.05) is 18.6 Å². The Morgan fingerprint density at radius 1 is 1.23 bits per heavy atom. The molecule has 0 bridgehead atoms. The molecule has 1 aliphatic rings. The normalized spacial score (nSPS) is 18.9. The Balaban J connectivity index is 1.98. The van der Waals surface area contributed by atoms with Crippen molar-refractivity contribution in [3.8, 4) is 0 Å². The second-order valence-electron chi connectivity index (χ2n) is 6.66. The molecule has 144 valence electrons. The Bertz CT molecular complexity index is 732. The highest BCUT2D eigenvalue weighted by atomic mass is 32.2. The molecule has 1 aromatic carbocycles. The number of hydrogen-bond donors (Lipinski definition) is 1. The van der Waals surface area contributed by atoms with E-state index in [1.807, 2.05) is 0 Å². The SMILES string of the molecule is O=C(O)CCCCCN(Cc1ccc([N+](=O)[O-])cc1)[C@H]1CCS(=O)(=O)C1. The van der Waals surface area contributed by atoms with E-state index in [-0.39, 0.29) is 29.7 Å². The fraction of sp³-hybridized carbons (Fsp3) is 0.588. The topological polar surface area (TPSA) is 118 Å². The lowest BCUT2D eigenvalue weighted by molar-refractivity contribution is -0.384. The third-order valence-electron chi connectivity index (χ3n) is 4.59. The zero-order chi connectivity index (χ0) is 19.2. The Morgan fingerprint density at radius 2 is 1.92 bits per heavy atom. The molecular weight excluding hydrogens is 360 g/mol. The molecule has 1 N–H and O–H groups in total. The number of sulfone groups is 1. The molecule has 0 aromatic heterocycles. The summed E-state index contributed by atoms with van der Waals surface area (Å²) in [6.45, 7) is 1.20. The summed E-state index contributed by atoms with van der Waals surface area (Å²) in [6, 6.07) is 6.23. The number of carboxylic acids is 1. The van der Waals surface area contributed by atoms with E-state index < -0.39 is 20.7 Å². The van der Waals surface area contributed by atoms with Gasteiger partial charge in [-0.25, -0.2) is 8.42 Å². The Kier molecular flexibility index (Phi) is 7.10. The lowest BCUT2D eigenvalue weighted by Crippen LogP contribution is -2.36. The van der Waals surface area contributed by atoms with E-state index in [0.717, 1.165) is 18.4 Å². The van der Waals surface area contributed by atoms with Gasteiger partial charge in [0, 0.05) is 31.1 Å². The van der Waals surface area contributed by atoms with Gasteiger partial charge in [0.25, 0.3) is 5.69 Å². The molecule has 0 amide bonds. The number of nitro benzene ring substituents is 1. The van der Waals surface area contributed by atoms with Gasteiger partial charge in [0.1, 0.15) is 0 Å². The molecule has 0 saturated carbocycles. The molecule has 0 radical (unpaired) electrons. The van der Waals surface area contributed by atoms with Crippen LogP contribution in [0.15, 0.2) is 24.3 Å². The summed E-state index contributed by atoms with van der Waals surface area (Å²) in [6.07, 6.45) is 2.88. The minimum Gasteiger partial charge on any atom is -0.481 e. The molecule has 1 heterocycles. The number of non-ortho nitro benzene ring substituents is 1. The van der Waals surface area contributed by atoms with Gasteiger partial charge in [-0.05, 0) is 31.4 Å². The number of carboxylic acid groups (broad SMARTS) is 1. The Hall–Kier alpha value is -2.00. The van der Waals surface area contributed by atoms with E-state index in [9.17, 15) is 23.3 Å². The highest BCUT2D eigenvalue weighted by Gasteiger charge is 2.32. The van der Waals surface area contributed by atoms with Crippen LogP contribution in [-0.2, 0) is 21.2 Å². The van der Waals surface area contributed by atoms with Crippen molar-refractivity contribution in [2.75, 3.05) is 18.1 Å². The van der Waals surface area contributed by atoms with E-state index in [1.165, 1.54) is 12.1 Å². The molecule has 9 heteroatoms. The third-order valence-corrected chi connectivity index (χ3v) is 6.34. The minimum absolute atomic E-state index is 0.0254. The maximum atomic E-state index is 11.8. The van der Waals surface area contributed by atoms with Gasteiger partial charge in [0.2, 0.25) is 0 Å². The molecule has 1 aromatic rings. The number of nitrogens with zero attached hydrogens (tertiary/aromatic N) is 2. The van der Waals surface area contributed by atoms with Gasteiger partial charge < -0.3 is 5.11 Å². The first-order valence-corrected chi connectivity index (χ1v) is 10.5. The predicted octanol–water partition coefficient (Wildman–Crippen LogP) is 2.23. The molecule has 0 aliphatic carbocycles. The standard InChI is InChI=1S/C17H24N2O6S/c20-17(21)4-2-1-3-10-18(16-9-11-26(24,25)13-16)12-14-5-7-15(8-6-14)19(22)23/h5-8,16H,1-4,9-13H2,(H,20,21)/t16-/m0/s1. The number of benzene rings is 1. The summed E-state index contributed by atoms with van der Waals surface area (Å²) < 4.78 is 23.6. The zero-order valence-corrected chi connectivity index (χ0v) is 15.4. The van der Waals surface area contributed by atoms with Crippen molar-refractivity contribution in [2.45, 2.75) is 44.7 Å². The molecule has 1 fully saturated rings. The van der Waals surface area contributed by atoms with Crippen LogP contribution < -0.4 is 0 Å². The Morgan fingerprint density at radius 3 is 2.46 bits per heavy atom. The molecule has 8 nitrogen and oxygen atoms in total. The second-order valence-corrected chi connectivity index (χ2v) is 8.88. The van der Waals surface area contributed by atoms with Crippen molar-refractivity contribution < 1.29 is 23.2 Å². The number of aliphatic carboxylic acids is 1. The minimum atomic E-state index is -3.01. The Labute approximate surface area is 152 Å². The third kappa shape index (κ3) is 6.38. The molecule has 0 unspecified atom stereocenters. The van der Waals surface area contributed by atoms with Crippen LogP contribution >= 0.6 is 0 Å². The molecule has 1 aliphatic heterocycles. The van der Waals surface area contributed by atoms with Crippen molar-refractivity contribution in [3.63, 3.8) is 0 Å². The second kappa shape index (κ2) is 9.09. The largest absolute Gasteiger partial charge is 0.481 e. The number of rotatable bonds is 10. The van der Waals surface area contributed by atoms with Crippen molar-refractivity contribution >= 4 is 21.5 Å². The molecule has 1 saturated heterocycles. The van der Waals surface area contributed by atoms with Gasteiger partial charge in [-0.3, -0.25) is 19.8 Å². The molecule has 0 spiro atoms. The zero-order valence-electron chi connectivity index (χ0n) is 14.5. The number of carbonyl (C=O) groups is 1. The first-order chi connectivity index (χ1) is 12.3. The average Bonchev–Trinajstić information content (AvgIpc) is 2.93. The van der Waals surface area contributed by atoms with Crippen LogP contribution in [0.25, 0.3) is 0 Å². The smallest absolute Gasteiger partial charge is 0.303 e. The maximum Gasteiger partial charge on any atom is 0.303 e. The number of nitro groups is 1. The van der Waals surface area contributed by atoms with Crippen LogP contribution in [0, 0.1) is 10.1 Å². The molecule has 26 heavy (non-hydrogen) atoms. The monoisotopic (exact) mass is 384 g/mol. The molecular formula is C17H24N2O6S. The van der Waals surface area contributed by atoms with E-state index >= 15 is 0 Å². The first kappa shape index (κ1) is 20.3. The van der Waals surface area contributed by atoms with Gasteiger partial charge >= 0.3 is 5.97 Å². The lowest BCUT2D eigenvalue weighted by atomic mass is 10.1. The average molecular weight is 384 g/mol. The maximum absolute atomic E-state index is 11.8. The van der Waals surface area contributed by atoms with Crippen LogP contribution in [0.3, 0.4) is 0 Å². The first-order valence-electron chi connectivity index (χ1n) is 8.66. The number of hydrogen-bond acceptors (Lipinski definition) is 6. The summed E-state index contributed by atoms with van der Waals surface area (Å²) in [5.41, 5.74) is 0.919. The van der Waals surface area contributed by atoms with Gasteiger partial charge in [-0.2, -0.15) is 0 Å². The van der Waals surface area contributed by atoms with E-state index in [1.54, 1.807) is 12.1 Å². The van der Waals surface area contributed by atoms with E-state index in [4.69, 9.17) is 5.11 Å². The summed E-state index contributed by atoms with van der Waals surface area (Å²) in [4.78, 5) is 23.0. The van der Waals surface area contributed by atoms with Gasteiger partial charge in [0.05, 0.1) is 16.4 Å². The molecule has 2 rings (SSSR count). The van der Waals surface area contributed by atoms with Gasteiger partial charge in [0.15, 0.2) is 9.84 Å². The summed E-state index contributed by atoms with van der Waals surface area (Å²) in [5.74, 6) is -0.489. The quantitative estimate of drug-likeness (QED) is 0.373. The highest BCUT2D eigenvalue weighted by Crippen LogP contribution is 2.22. The van der Waals surface area contributed by atoms with Crippen LogP contribution in [0.2, 0.25) is 0 Å². The highest BCUT2D eigenvalue weighted by molar-refractivity contribution is 7.91. The van der Waals surface area contributed by atoms with Gasteiger partial charge in [-0.15, -0.1) is 0 Å². The summed E-state index contributed by atoms with van der Waals surface area (Å²) in [7, 11) is -3.01. The fourth-order valence-electron chi connectivity index (χ4n) is 3.18. The van der Waals surface area contributed by atoms with Crippen LogP contribution in [0.5, 0.6) is 0 Å². The van der Waals surface area contributed by atoms with Crippen molar-refractivity contribution in [1.82, 2.24) is 4.90 Å². The van der Waals surface area contributed by atoms with Crippen molar-refractivity contribution in [1.29, 1.82) is 0 Å². The fourth-order valence-corrected chi connectivity index (χ4v) is 4.94. The van der Waals surface area contributed by atoms with Crippen LogP contribution in [0.4, 0.5) is 5.69 Å². The van der Waals surface area contributed by atoms with E-state index in [2.05, 4.69) is 4.90 Å². The lowest BCUT2D eigenvalue weighted by Gasteiger charge is -2.28. The van der Waals surface area contributed by atoms with E-state index in [0.29, 0.717) is 25.9 Å². The summed E-state index contributed by atoms with van der Waals surface area (Å²) >= 11 is 0. The summed E-state index contributed by atoms with van der Waals surface area (Å²) in [5, 5.41) is 19.4.